The van der Waals surface area contributed by atoms with E-state index in [9.17, 15) is 9.90 Å². The molecule has 0 spiro atoms. The summed E-state index contributed by atoms with van der Waals surface area (Å²) in [6.45, 7) is 6.62. The van der Waals surface area contributed by atoms with Crippen LogP contribution in [0.15, 0.2) is 28.7 Å². The van der Waals surface area contributed by atoms with E-state index in [0.29, 0.717) is 6.42 Å². The zero-order valence-corrected chi connectivity index (χ0v) is 14.0. The number of aromatic nitrogens is 2. The van der Waals surface area contributed by atoms with Crippen LogP contribution in [0.3, 0.4) is 0 Å². The average Bonchev–Trinajstić information content (AvgIpc) is 2.71. The topological polar surface area (TPSA) is 55.1 Å². The van der Waals surface area contributed by atoms with E-state index < -0.39 is 11.9 Å². The van der Waals surface area contributed by atoms with Crippen LogP contribution >= 0.6 is 15.9 Å². The number of aliphatic carboxylic acids is 1. The third-order valence-corrected chi connectivity index (χ3v) is 4.62. The monoisotopic (exact) mass is 350 g/mol. The molecule has 4 nitrogen and oxygen atoms in total. The zero-order chi connectivity index (χ0) is 15.6. The third kappa shape index (κ3) is 3.35. The van der Waals surface area contributed by atoms with Gasteiger partial charge in [0.1, 0.15) is 0 Å². The van der Waals surface area contributed by atoms with E-state index in [1.165, 1.54) is 0 Å². The van der Waals surface area contributed by atoms with Gasteiger partial charge < -0.3 is 5.11 Å². The van der Waals surface area contributed by atoms with Gasteiger partial charge in [-0.3, -0.25) is 9.48 Å². The SMILES string of the molecule is CCn1nc(C)c(Br)c1CC(C(=O)O)c1cccc(C)c1. The van der Waals surface area contributed by atoms with Gasteiger partial charge >= 0.3 is 5.97 Å². The Hall–Kier alpha value is -1.62. The first kappa shape index (κ1) is 15.8. The van der Waals surface area contributed by atoms with Gasteiger partial charge in [0, 0.05) is 13.0 Å². The minimum atomic E-state index is -0.811. The number of hydrogen-bond donors (Lipinski definition) is 1. The lowest BCUT2D eigenvalue weighted by Gasteiger charge is -2.15. The predicted molar refractivity (Wildman–Crippen MR) is 85.6 cm³/mol. The molecule has 0 saturated carbocycles. The Morgan fingerprint density at radius 2 is 2.14 bits per heavy atom. The Labute approximate surface area is 132 Å². The lowest BCUT2D eigenvalue weighted by atomic mass is 9.93. The van der Waals surface area contributed by atoms with Gasteiger partial charge in [0.05, 0.1) is 21.8 Å². The Bertz CT molecular complexity index is 664. The Morgan fingerprint density at radius 1 is 1.43 bits per heavy atom. The molecule has 1 aromatic carbocycles. The summed E-state index contributed by atoms with van der Waals surface area (Å²) in [4.78, 5) is 11.7. The van der Waals surface area contributed by atoms with E-state index in [1.54, 1.807) is 0 Å². The minimum Gasteiger partial charge on any atom is -0.481 e. The zero-order valence-electron chi connectivity index (χ0n) is 12.4. The number of carbonyl (C=O) groups is 1. The molecule has 1 unspecified atom stereocenters. The first-order valence-corrected chi connectivity index (χ1v) is 7.74. The third-order valence-electron chi connectivity index (χ3n) is 3.59. The maximum absolute atomic E-state index is 11.7. The summed E-state index contributed by atoms with van der Waals surface area (Å²) in [6, 6.07) is 7.68. The highest BCUT2D eigenvalue weighted by atomic mass is 79.9. The number of rotatable bonds is 5. The number of aryl methyl sites for hydroxylation is 3. The van der Waals surface area contributed by atoms with Crippen molar-refractivity contribution in [1.82, 2.24) is 9.78 Å². The van der Waals surface area contributed by atoms with Crippen molar-refractivity contribution in [2.45, 2.75) is 39.7 Å². The highest BCUT2D eigenvalue weighted by Crippen LogP contribution is 2.28. The molecule has 0 aliphatic heterocycles. The van der Waals surface area contributed by atoms with Gasteiger partial charge in [0.2, 0.25) is 0 Å². The molecular weight excluding hydrogens is 332 g/mol. The Balaban J connectivity index is 2.40. The van der Waals surface area contributed by atoms with E-state index in [0.717, 1.165) is 33.5 Å². The van der Waals surface area contributed by atoms with Crippen molar-refractivity contribution in [3.05, 3.63) is 51.3 Å². The van der Waals surface area contributed by atoms with Crippen molar-refractivity contribution in [2.75, 3.05) is 0 Å². The normalized spacial score (nSPS) is 12.4. The molecule has 0 amide bonds. The molecule has 5 heteroatoms. The molecule has 0 aliphatic carbocycles. The van der Waals surface area contributed by atoms with Crippen LogP contribution in [-0.4, -0.2) is 20.9 Å². The van der Waals surface area contributed by atoms with Crippen molar-refractivity contribution in [1.29, 1.82) is 0 Å². The summed E-state index contributed by atoms with van der Waals surface area (Å²) in [5, 5.41) is 14.0. The van der Waals surface area contributed by atoms with E-state index in [2.05, 4.69) is 21.0 Å². The maximum atomic E-state index is 11.7. The van der Waals surface area contributed by atoms with E-state index >= 15 is 0 Å². The standard InChI is InChI=1S/C16H19BrN2O2/c1-4-19-14(15(17)11(3)18-19)9-13(16(20)21)12-7-5-6-10(2)8-12/h5-8,13H,4,9H2,1-3H3,(H,20,21). The first-order valence-electron chi connectivity index (χ1n) is 6.95. The number of carboxylic acids is 1. The summed E-state index contributed by atoms with van der Waals surface area (Å²) in [6.07, 6.45) is 0.425. The molecule has 0 bridgehead atoms. The Kier molecular flexibility index (Phi) is 4.83. The highest BCUT2D eigenvalue weighted by Gasteiger charge is 2.24. The van der Waals surface area contributed by atoms with Crippen LogP contribution in [0.4, 0.5) is 0 Å². The summed E-state index contributed by atoms with van der Waals surface area (Å²) in [7, 11) is 0. The van der Waals surface area contributed by atoms with Gasteiger partial charge in [-0.15, -0.1) is 0 Å². The molecule has 0 aliphatic rings. The van der Waals surface area contributed by atoms with Gasteiger partial charge in [-0.2, -0.15) is 5.10 Å². The lowest BCUT2D eigenvalue weighted by Crippen LogP contribution is -2.17. The van der Waals surface area contributed by atoms with Gasteiger partial charge in [0.25, 0.3) is 0 Å². The predicted octanol–water partition coefficient (Wildman–Crippen LogP) is 3.69. The van der Waals surface area contributed by atoms with Crippen LogP contribution in [0, 0.1) is 13.8 Å². The largest absolute Gasteiger partial charge is 0.481 e. The molecule has 1 aromatic heterocycles. The van der Waals surface area contributed by atoms with E-state index in [1.807, 2.05) is 49.7 Å². The molecule has 0 saturated heterocycles. The van der Waals surface area contributed by atoms with Crippen LogP contribution in [0.1, 0.15) is 35.4 Å². The minimum absolute atomic E-state index is 0.425. The summed E-state index contributed by atoms with van der Waals surface area (Å²) < 4.78 is 2.77. The quantitative estimate of drug-likeness (QED) is 0.894. The van der Waals surface area contributed by atoms with Crippen LogP contribution in [0.2, 0.25) is 0 Å². The number of carboxylic acid groups (broad SMARTS) is 1. The second-order valence-electron chi connectivity index (χ2n) is 5.17. The van der Waals surface area contributed by atoms with Crippen molar-refractivity contribution < 1.29 is 9.90 Å². The second kappa shape index (κ2) is 6.43. The average molecular weight is 351 g/mol. The molecule has 2 rings (SSSR count). The fourth-order valence-corrected chi connectivity index (χ4v) is 2.94. The maximum Gasteiger partial charge on any atom is 0.311 e. The molecule has 0 fully saturated rings. The number of hydrogen-bond acceptors (Lipinski definition) is 2. The van der Waals surface area contributed by atoms with Crippen molar-refractivity contribution in [3.8, 4) is 0 Å². The molecular formula is C16H19BrN2O2. The van der Waals surface area contributed by atoms with Crippen LogP contribution in [0.25, 0.3) is 0 Å². The highest BCUT2D eigenvalue weighted by molar-refractivity contribution is 9.10. The molecule has 1 atom stereocenters. The van der Waals surface area contributed by atoms with E-state index in [4.69, 9.17) is 0 Å². The summed E-state index contributed by atoms with van der Waals surface area (Å²) in [5.41, 5.74) is 3.72. The fourth-order valence-electron chi connectivity index (χ4n) is 2.49. The fraction of sp³-hybridized carbons (Fsp3) is 0.375. The smallest absolute Gasteiger partial charge is 0.311 e. The molecule has 1 N–H and O–H groups in total. The van der Waals surface area contributed by atoms with Gasteiger partial charge in [-0.1, -0.05) is 29.8 Å². The number of nitrogens with zero attached hydrogens (tertiary/aromatic N) is 2. The van der Waals surface area contributed by atoms with Gasteiger partial charge in [0.15, 0.2) is 0 Å². The molecule has 112 valence electrons. The molecule has 21 heavy (non-hydrogen) atoms. The molecule has 1 heterocycles. The van der Waals surface area contributed by atoms with Gasteiger partial charge in [-0.05, 0) is 42.3 Å². The van der Waals surface area contributed by atoms with Crippen LogP contribution < -0.4 is 0 Å². The lowest BCUT2D eigenvalue weighted by molar-refractivity contribution is -0.138. The first-order chi connectivity index (χ1) is 9.93. The van der Waals surface area contributed by atoms with Crippen molar-refractivity contribution in [2.24, 2.45) is 0 Å². The van der Waals surface area contributed by atoms with Crippen molar-refractivity contribution >= 4 is 21.9 Å². The van der Waals surface area contributed by atoms with Crippen LogP contribution in [0.5, 0.6) is 0 Å². The molecule has 0 radical (unpaired) electrons. The molecule has 2 aromatic rings. The van der Waals surface area contributed by atoms with Crippen LogP contribution in [-0.2, 0) is 17.8 Å². The summed E-state index contributed by atoms with van der Waals surface area (Å²) >= 11 is 3.53. The van der Waals surface area contributed by atoms with Crippen molar-refractivity contribution in [3.63, 3.8) is 0 Å². The number of benzene rings is 1. The number of halogens is 1. The Morgan fingerprint density at radius 3 is 2.71 bits per heavy atom. The second-order valence-corrected chi connectivity index (χ2v) is 5.96. The van der Waals surface area contributed by atoms with E-state index in [-0.39, 0.29) is 0 Å². The summed E-state index contributed by atoms with van der Waals surface area (Å²) in [5.74, 6) is -1.38. The van der Waals surface area contributed by atoms with Gasteiger partial charge in [-0.25, -0.2) is 0 Å².